The van der Waals surface area contributed by atoms with Crippen molar-refractivity contribution in [1.82, 2.24) is 9.80 Å². The maximum Gasteiger partial charge on any atom is 0.278 e. The summed E-state index contributed by atoms with van der Waals surface area (Å²) >= 11 is 0. The van der Waals surface area contributed by atoms with Gasteiger partial charge in [0.15, 0.2) is 0 Å². The number of hydrogen-bond donors (Lipinski definition) is 0. The lowest BCUT2D eigenvalue weighted by Gasteiger charge is -2.33. The van der Waals surface area contributed by atoms with Crippen LogP contribution in [0.5, 0.6) is 0 Å². The van der Waals surface area contributed by atoms with Gasteiger partial charge in [-0.3, -0.25) is 14.5 Å². The number of likely N-dealkylation sites (tertiary alicyclic amines) is 1. The van der Waals surface area contributed by atoms with E-state index in [2.05, 4.69) is 11.8 Å². The Morgan fingerprint density at radius 1 is 0.688 bits per heavy atom. The van der Waals surface area contributed by atoms with E-state index in [0.29, 0.717) is 17.2 Å². The van der Waals surface area contributed by atoms with Crippen LogP contribution in [0.25, 0.3) is 5.57 Å². The first-order valence-electron chi connectivity index (χ1n) is 13.1. The van der Waals surface area contributed by atoms with Crippen molar-refractivity contribution >= 4 is 17.4 Å². The number of piperidine rings is 1. The van der Waals surface area contributed by atoms with E-state index < -0.39 is 0 Å². The summed E-state index contributed by atoms with van der Waals surface area (Å²) in [5.41, 5.74) is 2.19. The van der Waals surface area contributed by atoms with E-state index in [1.807, 2.05) is 30.3 Å². The van der Waals surface area contributed by atoms with Gasteiger partial charge in [0.1, 0.15) is 5.70 Å². The van der Waals surface area contributed by atoms with E-state index in [0.717, 1.165) is 57.2 Å². The second-order valence-electron chi connectivity index (χ2n) is 10.2. The van der Waals surface area contributed by atoms with Gasteiger partial charge in [-0.05, 0) is 37.2 Å². The van der Waals surface area contributed by atoms with Crippen molar-refractivity contribution in [1.29, 1.82) is 0 Å². The monoisotopic (exact) mass is 436 g/mol. The number of carbonyl (C=O) groups excluding carboxylic acids is 2. The van der Waals surface area contributed by atoms with Gasteiger partial charge in [-0.15, -0.1) is 0 Å². The van der Waals surface area contributed by atoms with Crippen molar-refractivity contribution < 1.29 is 9.59 Å². The van der Waals surface area contributed by atoms with Crippen molar-refractivity contribution in [2.75, 3.05) is 13.1 Å². The molecule has 0 bridgehead atoms. The zero-order chi connectivity index (χ0) is 22.3. The molecule has 4 heteroatoms. The molecule has 1 aromatic carbocycles. The summed E-state index contributed by atoms with van der Waals surface area (Å²) in [5, 5.41) is 0. The van der Waals surface area contributed by atoms with Gasteiger partial charge in [0.25, 0.3) is 11.8 Å². The minimum absolute atomic E-state index is 0.0364. The van der Waals surface area contributed by atoms with Crippen molar-refractivity contribution in [3.8, 4) is 0 Å². The van der Waals surface area contributed by atoms with Crippen LogP contribution in [0.2, 0.25) is 0 Å². The van der Waals surface area contributed by atoms with Gasteiger partial charge in [-0.25, -0.2) is 0 Å². The summed E-state index contributed by atoms with van der Waals surface area (Å²) in [6.07, 6.45) is 15.3. The SMILES string of the molecule is CC1CCN(C2=C(c3ccccc3)C(=O)N(C3CCCCCCCCCCC3)C2=O)CC1. The van der Waals surface area contributed by atoms with Gasteiger partial charge >= 0.3 is 0 Å². The summed E-state index contributed by atoms with van der Waals surface area (Å²) in [6.45, 7) is 4.01. The maximum absolute atomic E-state index is 13.9. The molecule has 174 valence electrons. The first-order valence-corrected chi connectivity index (χ1v) is 13.1. The lowest BCUT2D eigenvalue weighted by molar-refractivity contribution is -0.140. The fraction of sp³-hybridized carbons (Fsp3) is 0.643. The number of carbonyl (C=O) groups is 2. The van der Waals surface area contributed by atoms with Gasteiger partial charge in [-0.2, -0.15) is 0 Å². The molecule has 3 aliphatic rings. The molecule has 32 heavy (non-hydrogen) atoms. The Bertz CT molecular complexity index is 796. The highest BCUT2D eigenvalue weighted by Crippen LogP contribution is 2.36. The second kappa shape index (κ2) is 11.2. The molecule has 0 spiro atoms. The van der Waals surface area contributed by atoms with E-state index in [1.165, 1.54) is 44.9 Å². The molecule has 4 nitrogen and oxygen atoms in total. The maximum atomic E-state index is 13.9. The van der Waals surface area contributed by atoms with E-state index in [4.69, 9.17) is 0 Å². The number of nitrogens with zero attached hydrogens (tertiary/aromatic N) is 2. The molecule has 0 atom stereocenters. The van der Waals surface area contributed by atoms with Crippen LogP contribution in [0.3, 0.4) is 0 Å². The third-order valence-corrected chi connectivity index (χ3v) is 7.69. The fourth-order valence-electron chi connectivity index (χ4n) is 5.66. The summed E-state index contributed by atoms with van der Waals surface area (Å²) in [5.74, 6) is 0.578. The highest BCUT2D eigenvalue weighted by atomic mass is 16.2. The van der Waals surface area contributed by atoms with Crippen molar-refractivity contribution in [3.63, 3.8) is 0 Å². The molecule has 4 rings (SSSR count). The minimum atomic E-state index is -0.0630. The number of benzene rings is 1. The van der Waals surface area contributed by atoms with Gasteiger partial charge in [0.05, 0.1) is 5.57 Å². The van der Waals surface area contributed by atoms with Crippen molar-refractivity contribution in [2.45, 2.75) is 96.4 Å². The van der Waals surface area contributed by atoms with Crippen LogP contribution >= 0.6 is 0 Å². The molecular weight excluding hydrogens is 396 g/mol. The van der Waals surface area contributed by atoms with Gasteiger partial charge in [0.2, 0.25) is 0 Å². The third-order valence-electron chi connectivity index (χ3n) is 7.69. The van der Waals surface area contributed by atoms with Gasteiger partial charge in [-0.1, -0.05) is 95.0 Å². The van der Waals surface area contributed by atoms with Crippen molar-refractivity contribution in [2.24, 2.45) is 5.92 Å². The third kappa shape index (κ3) is 5.27. The number of rotatable bonds is 3. The largest absolute Gasteiger partial charge is 0.366 e. The predicted molar refractivity (Wildman–Crippen MR) is 130 cm³/mol. The summed E-state index contributed by atoms with van der Waals surface area (Å²) in [4.78, 5) is 31.6. The molecule has 2 aliphatic heterocycles. The molecule has 0 N–H and O–H groups in total. The van der Waals surface area contributed by atoms with Crippen LogP contribution in [0.15, 0.2) is 36.0 Å². The van der Waals surface area contributed by atoms with E-state index >= 15 is 0 Å². The molecule has 1 aromatic rings. The predicted octanol–water partition coefficient (Wildman–Crippen LogP) is 6.17. The zero-order valence-corrected chi connectivity index (χ0v) is 19.9. The molecule has 1 saturated carbocycles. The van der Waals surface area contributed by atoms with E-state index in [9.17, 15) is 9.59 Å². The Kier molecular flexibility index (Phi) is 8.05. The first-order chi connectivity index (χ1) is 15.7. The first kappa shape index (κ1) is 23.1. The average Bonchev–Trinajstić information content (AvgIpc) is 3.05. The smallest absolute Gasteiger partial charge is 0.278 e. The Labute approximate surface area is 194 Å². The molecule has 2 amide bonds. The quantitative estimate of drug-likeness (QED) is 0.532. The lowest BCUT2D eigenvalue weighted by Crippen LogP contribution is -2.43. The normalized spacial score (nSPS) is 23.4. The Morgan fingerprint density at radius 2 is 1.22 bits per heavy atom. The lowest BCUT2D eigenvalue weighted by atomic mass is 9.96. The summed E-state index contributed by atoms with van der Waals surface area (Å²) < 4.78 is 0. The molecule has 1 saturated heterocycles. The summed E-state index contributed by atoms with van der Waals surface area (Å²) in [7, 11) is 0. The Morgan fingerprint density at radius 3 is 1.78 bits per heavy atom. The molecule has 2 heterocycles. The average molecular weight is 437 g/mol. The summed E-state index contributed by atoms with van der Waals surface area (Å²) in [6, 6.07) is 9.91. The van der Waals surface area contributed by atoms with Gasteiger partial charge < -0.3 is 4.90 Å². The molecule has 0 unspecified atom stereocenters. The Hall–Kier alpha value is -2.10. The van der Waals surface area contributed by atoms with Crippen LogP contribution in [-0.2, 0) is 9.59 Å². The zero-order valence-electron chi connectivity index (χ0n) is 19.9. The minimum Gasteiger partial charge on any atom is -0.366 e. The highest BCUT2D eigenvalue weighted by molar-refractivity contribution is 6.35. The topological polar surface area (TPSA) is 40.6 Å². The molecule has 0 radical (unpaired) electrons. The van der Waals surface area contributed by atoms with Crippen LogP contribution in [0.1, 0.15) is 96.0 Å². The number of hydrogen-bond acceptors (Lipinski definition) is 3. The number of imide groups is 1. The van der Waals surface area contributed by atoms with Crippen LogP contribution in [0, 0.1) is 5.92 Å². The standard InChI is InChI=1S/C28H40N2O2/c1-22-18-20-29(21-19-22)26-25(23-14-10-9-11-15-23)27(31)30(28(26)32)24-16-12-7-5-3-2-4-6-8-13-17-24/h9-11,14-15,22,24H,2-8,12-13,16-21H2,1H3. The molecular formula is C28H40N2O2. The van der Waals surface area contributed by atoms with E-state index in [1.54, 1.807) is 4.90 Å². The van der Waals surface area contributed by atoms with Crippen LogP contribution in [0.4, 0.5) is 0 Å². The molecule has 0 aromatic heterocycles. The van der Waals surface area contributed by atoms with Crippen molar-refractivity contribution in [3.05, 3.63) is 41.6 Å². The van der Waals surface area contributed by atoms with Crippen LogP contribution < -0.4 is 0 Å². The van der Waals surface area contributed by atoms with E-state index in [-0.39, 0.29) is 17.9 Å². The number of amides is 2. The second-order valence-corrected chi connectivity index (χ2v) is 10.2. The highest BCUT2D eigenvalue weighted by Gasteiger charge is 2.44. The molecule has 1 aliphatic carbocycles. The molecule has 2 fully saturated rings. The van der Waals surface area contributed by atoms with Gasteiger partial charge in [0, 0.05) is 19.1 Å². The fourth-order valence-corrected chi connectivity index (χ4v) is 5.66. The van der Waals surface area contributed by atoms with Crippen LogP contribution in [-0.4, -0.2) is 40.7 Å². The Balaban J connectivity index is 1.61.